The number of hydrogen-bond acceptors (Lipinski definition) is 4. The van der Waals surface area contributed by atoms with Gasteiger partial charge in [0.05, 0.1) is 18.3 Å². The quantitative estimate of drug-likeness (QED) is 0.878. The fraction of sp³-hybridized carbons (Fsp3) is 0.692. The molecule has 1 unspecified atom stereocenters. The molecular formula is C13H21N3OS. The van der Waals surface area contributed by atoms with E-state index in [1.54, 1.807) is 11.3 Å². The van der Waals surface area contributed by atoms with Crippen molar-refractivity contribution in [1.82, 2.24) is 15.6 Å². The monoisotopic (exact) mass is 267 g/mol. The first-order valence-electron chi connectivity index (χ1n) is 6.43. The lowest BCUT2D eigenvalue weighted by Gasteiger charge is -2.14. The van der Waals surface area contributed by atoms with E-state index in [0.29, 0.717) is 6.54 Å². The molecule has 1 saturated heterocycles. The minimum absolute atomic E-state index is 0.00736. The highest BCUT2D eigenvalue weighted by molar-refractivity contribution is 7.09. The van der Waals surface area contributed by atoms with E-state index in [1.807, 2.05) is 0 Å². The van der Waals surface area contributed by atoms with Crippen LogP contribution in [0.1, 0.15) is 44.3 Å². The lowest BCUT2D eigenvalue weighted by Crippen LogP contribution is -2.40. The van der Waals surface area contributed by atoms with Gasteiger partial charge < -0.3 is 10.6 Å². The number of hydrogen-bond donors (Lipinski definition) is 2. The smallest absolute Gasteiger partial charge is 0.237 e. The summed E-state index contributed by atoms with van der Waals surface area (Å²) < 4.78 is 0. The van der Waals surface area contributed by atoms with Crippen LogP contribution >= 0.6 is 11.3 Å². The summed E-state index contributed by atoms with van der Waals surface area (Å²) >= 11 is 1.61. The van der Waals surface area contributed by atoms with Gasteiger partial charge in [-0.1, -0.05) is 20.8 Å². The molecule has 1 atom stereocenters. The minimum atomic E-state index is -0.00736. The van der Waals surface area contributed by atoms with Crippen molar-refractivity contribution in [2.24, 2.45) is 0 Å². The van der Waals surface area contributed by atoms with E-state index in [1.165, 1.54) is 0 Å². The van der Waals surface area contributed by atoms with E-state index in [2.05, 4.69) is 41.8 Å². The first-order valence-corrected chi connectivity index (χ1v) is 7.31. The van der Waals surface area contributed by atoms with Gasteiger partial charge in [0.2, 0.25) is 5.91 Å². The third-order valence-electron chi connectivity index (χ3n) is 3.11. The van der Waals surface area contributed by atoms with Crippen molar-refractivity contribution >= 4 is 17.2 Å². The molecule has 2 heterocycles. The van der Waals surface area contributed by atoms with Crippen molar-refractivity contribution in [3.63, 3.8) is 0 Å². The van der Waals surface area contributed by atoms with Crippen LogP contribution in [-0.4, -0.2) is 23.5 Å². The molecule has 5 heteroatoms. The predicted octanol–water partition coefficient (Wildman–Crippen LogP) is 1.81. The number of rotatable bonds is 3. The molecule has 1 amide bonds. The van der Waals surface area contributed by atoms with Gasteiger partial charge >= 0.3 is 0 Å². The van der Waals surface area contributed by atoms with Crippen molar-refractivity contribution in [2.45, 2.75) is 51.6 Å². The third kappa shape index (κ3) is 3.29. The van der Waals surface area contributed by atoms with Crippen LogP contribution in [0.2, 0.25) is 0 Å². The number of carbonyl (C=O) groups excluding carboxylic acids is 1. The molecule has 1 aromatic heterocycles. The molecule has 0 saturated carbocycles. The number of amides is 1. The molecule has 0 spiro atoms. The van der Waals surface area contributed by atoms with E-state index in [9.17, 15) is 4.79 Å². The zero-order chi connectivity index (χ0) is 13.2. The standard InChI is InChI=1S/C13H21N3OS/c1-13(2,3)10-8-18-11(16-10)7-15-12(17)9-5-4-6-14-9/h8-9,14H,4-7H2,1-3H3,(H,15,17). The fourth-order valence-electron chi connectivity index (χ4n) is 1.93. The molecule has 2 rings (SSSR count). The van der Waals surface area contributed by atoms with Crippen molar-refractivity contribution < 1.29 is 4.79 Å². The van der Waals surface area contributed by atoms with Crippen LogP contribution in [0.5, 0.6) is 0 Å². The molecule has 0 aliphatic carbocycles. The summed E-state index contributed by atoms with van der Waals surface area (Å²) in [6.07, 6.45) is 2.03. The number of thiazole rings is 1. The van der Waals surface area contributed by atoms with Crippen molar-refractivity contribution in [3.05, 3.63) is 16.1 Å². The summed E-state index contributed by atoms with van der Waals surface area (Å²) in [4.78, 5) is 16.4. The first kappa shape index (κ1) is 13.5. The Morgan fingerprint density at radius 3 is 2.94 bits per heavy atom. The Labute approximate surface area is 112 Å². The van der Waals surface area contributed by atoms with Crippen LogP contribution in [0.15, 0.2) is 5.38 Å². The molecule has 1 aromatic rings. The molecule has 1 aliphatic heterocycles. The number of nitrogens with one attached hydrogen (secondary N) is 2. The Balaban J connectivity index is 1.86. The molecule has 1 aliphatic rings. The fourth-order valence-corrected chi connectivity index (χ4v) is 2.89. The van der Waals surface area contributed by atoms with E-state index in [-0.39, 0.29) is 17.4 Å². The highest BCUT2D eigenvalue weighted by Crippen LogP contribution is 2.23. The Morgan fingerprint density at radius 2 is 2.39 bits per heavy atom. The summed E-state index contributed by atoms with van der Waals surface area (Å²) in [5.41, 5.74) is 1.17. The maximum atomic E-state index is 11.8. The van der Waals surface area contributed by atoms with Crippen LogP contribution < -0.4 is 10.6 Å². The van der Waals surface area contributed by atoms with Crippen LogP contribution in [-0.2, 0) is 16.8 Å². The normalized spacial score (nSPS) is 20.1. The Kier molecular flexibility index (Phi) is 4.02. The second-order valence-electron chi connectivity index (χ2n) is 5.74. The average molecular weight is 267 g/mol. The van der Waals surface area contributed by atoms with Gasteiger partial charge in [0.15, 0.2) is 0 Å². The summed E-state index contributed by atoms with van der Waals surface area (Å²) in [5.74, 6) is 0.0972. The van der Waals surface area contributed by atoms with E-state index in [4.69, 9.17) is 0 Å². The zero-order valence-electron chi connectivity index (χ0n) is 11.2. The largest absolute Gasteiger partial charge is 0.348 e. The first-order chi connectivity index (χ1) is 8.47. The maximum Gasteiger partial charge on any atom is 0.237 e. The second-order valence-corrected chi connectivity index (χ2v) is 6.69. The van der Waals surface area contributed by atoms with Crippen LogP contribution in [0.4, 0.5) is 0 Å². The number of carbonyl (C=O) groups is 1. The van der Waals surface area contributed by atoms with Gasteiger partial charge in [0.1, 0.15) is 5.01 Å². The van der Waals surface area contributed by atoms with Crippen molar-refractivity contribution in [2.75, 3.05) is 6.54 Å². The summed E-state index contributed by atoms with van der Waals surface area (Å²) in [6.45, 7) is 7.92. The van der Waals surface area contributed by atoms with Gasteiger partial charge in [-0.25, -0.2) is 4.98 Å². The summed E-state index contributed by atoms with van der Waals surface area (Å²) in [6, 6.07) is -0.00736. The van der Waals surface area contributed by atoms with Gasteiger partial charge in [0, 0.05) is 10.8 Å². The zero-order valence-corrected chi connectivity index (χ0v) is 12.1. The predicted molar refractivity (Wildman–Crippen MR) is 73.7 cm³/mol. The van der Waals surface area contributed by atoms with Crippen molar-refractivity contribution in [3.8, 4) is 0 Å². The lowest BCUT2D eigenvalue weighted by atomic mass is 9.93. The lowest BCUT2D eigenvalue weighted by molar-refractivity contribution is -0.122. The SMILES string of the molecule is CC(C)(C)c1csc(CNC(=O)C2CCCN2)n1. The Bertz CT molecular complexity index is 416. The van der Waals surface area contributed by atoms with Crippen LogP contribution in [0.3, 0.4) is 0 Å². The summed E-state index contributed by atoms with van der Waals surface area (Å²) in [5, 5.41) is 9.20. The van der Waals surface area contributed by atoms with Gasteiger partial charge in [0.25, 0.3) is 0 Å². The topological polar surface area (TPSA) is 54.0 Å². The van der Waals surface area contributed by atoms with Gasteiger partial charge in [-0.2, -0.15) is 0 Å². The highest BCUT2D eigenvalue weighted by atomic mass is 32.1. The van der Waals surface area contributed by atoms with E-state index in [0.717, 1.165) is 30.1 Å². The molecule has 0 aromatic carbocycles. The maximum absolute atomic E-state index is 11.8. The Hall–Kier alpha value is -0.940. The van der Waals surface area contributed by atoms with Gasteiger partial charge in [-0.15, -0.1) is 11.3 Å². The molecule has 2 N–H and O–H groups in total. The van der Waals surface area contributed by atoms with E-state index < -0.39 is 0 Å². The molecule has 0 bridgehead atoms. The van der Waals surface area contributed by atoms with E-state index >= 15 is 0 Å². The van der Waals surface area contributed by atoms with Gasteiger partial charge in [-0.3, -0.25) is 4.79 Å². The number of nitrogens with zero attached hydrogens (tertiary/aromatic N) is 1. The third-order valence-corrected chi connectivity index (χ3v) is 3.96. The van der Waals surface area contributed by atoms with Crippen molar-refractivity contribution in [1.29, 1.82) is 0 Å². The minimum Gasteiger partial charge on any atom is -0.348 e. The van der Waals surface area contributed by atoms with Crippen LogP contribution in [0.25, 0.3) is 0 Å². The van der Waals surface area contributed by atoms with Crippen LogP contribution in [0, 0.1) is 0 Å². The second kappa shape index (κ2) is 5.36. The summed E-state index contributed by atoms with van der Waals surface area (Å²) in [7, 11) is 0. The number of aromatic nitrogens is 1. The highest BCUT2D eigenvalue weighted by Gasteiger charge is 2.22. The molecular weight excluding hydrogens is 246 g/mol. The molecule has 0 radical (unpaired) electrons. The van der Waals surface area contributed by atoms with Gasteiger partial charge in [-0.05, 0) is 19.4 Å². The Morgan fingerprint density at radius 1 is 1.61 bits per heavy atom. The molecule has 18 heavy (non-hydrogen) atoms. The molecule has 1 fully saturated rings. The molecule has 4 nitrogen and oxygen atoms in total. The molecule has 100 valence electrons. The average Bonchev–Trinajstić information content (AvgIpc) is 2.96.